The SMILES string of the molecule is CCN1c2cc(C)c(/C=N/Nc3ccc([N+](=O)[O-])cn3)cc2C(C)CC1(C)C. The van der Waals surface area contributed by atoms with Crippen molar-refractivity contribution >= 4 is 23.4 Å². The molecule has 0 spiro atoms. The van der Waals surface area contributed by atoms with E-state index in [0.717, 1.165) is 24.1 Å². The monoisotopic (exact) mass is 381 g/mol. The number of hydrogen-bond acceptors (Lipinski definition) is 6. The third-order valence-corrected chi connectivity index (χ3v) is 5.43. The average molecular weight is 381 g/mol. The molecule has 3 rings (SSSR count). The summed E-state index contributed by atoms with van der Waals surface area (Å²) in [6.07, 6.45) is 4.10. The van der Waals surface area contributed by atoms with Gasteiger partial charge in [-0.25, -0.2) is 4.98 Å². The van der Waals surface area contributed by atoms with Crippen LogP contribution in [0.3, 0.4) is 0 Å². The molecule has 0 amide bonds. The van der Waals surface area contributed by atoms with E-state index in [1.165, 1.54) is 23.5 Å². The van der Waals surface area contributed by atoms with Gasteiger partial charge in [-0.1, -0.05) is 6.92 Å². The van der Waals surface area contributed by atoms with E-state index in [9.17, 15) is 10.1 Å². The summed E-state index contributed by atoms with van der Waals surface area (Å²) >= 11 is 0. The van der Waals surface area contributed by atoms with E-state index in [1.807, 2.05) is 0 Å². The number of rotatable bonds is 5. The number of aromatic nitrogens is 1. The van der Waals surface area contributed by atoms with Crippen molar-refractivity contribution in [1.29, 1.82) is 0 Å². The molecule has 0 bridgehead atoms. The molecule has 0 aliphatic carbocycles. The van der Waals surface area contributed by atoms with Crippen molar-refractivity contribution in [2.45, 2.75) is 52.5 Å². The second-order valence-corrected chi connectivity index (χ2v) is 7.96. The molecule has 1 atom stereocenters. The largest absolute Gasteiger partial charge is 0.366 e. The minimum absolute atomic E-state index is 0.0440. The Bertz CT molecular complexity index is 906. The summed E-state index contributed by atoms with van der Waals surface area (Å²) in [7, 11) is 0. The maximum atomic E-state index is 10.7. The van der Waals surface area contributed by atoms with Crippen molar-refractivity contribution in [1.82, 2.24) is 4.98 Å². The maximum absolute atomic E-state index is 10.7. The number of hydrogen-bond donors (Lipinski definition) is 1. The van der Waals surface area contributed by atoms with Gasteiger partial charge in [-0.3, -0.25) is 15.5 Å². The first-order valence-electron chi connectivity index (χ1n) is 9.54. The topological polar surface area (TPSA) is 83.7 Å². The maximum Gasteiger partial charge on any atom is 0.287 e. The zero-order chi connectivity index (χ0) is 20.5. The van der Waals surface area contributed by atoms with Crippen LogP contribution in [-0.4, -0.2) is 28.2 Å². The summed E-state index contributed by atoms with van der Waals surface area (Å²) in [5.74, 6) is 0.939. The van der Waals surface area contributed by atoms with Crippen LogP contribution in [0, 0.1) is 17.0 Å². The first-order valence-corrected chi connectivity index (χ1v) is 9.54. The van der Waals surface area contributed by atoms with Crippen LogP contribution < -0.4 is 10.3 Å². The highest BCUT2D eigenvalue weighted by Gasteiger charge is 2.35. The smallest absolute Gasteiger partial charge is 0.287 e. The standard InChI is InChI=1S/C21H27N5O2/c1-6-25-19-9-14(2)16(10-18(19)15(3)11-21(25,4)5)12-23-24-20-8-7-17(13-22-20)26(27)28/h7-10,12-13,15H,6,11H2,1-5H3,(H,22,24)/b23-12+. The van der Waals surface area contributed by atoms with E-state index in [4.69, 9.17) is 0 Å². The highest BCUT2D eigenvalue weighted by molar-refractivity contribution is 5.84. The van der Waals surface area contributed by atoms with E-state index >= 15 is 0 Å². The molecule has 7 heteroatoms. The Morgan fingerprint density at radius 1 is 1.43 bits per heavy atom. The van der Waals surface area contributed by atoms with Crippen LogP contribution in [0.25, 0.3) is 0 Å². The number of anilines is 2. The second-order valence-electron chi connectivity index (χ2n) is 7.96. The van der Waals surface area contributed by atoms with Crippen LogP contribution >= 0.6 is 0 Å². The normalized spacial score (nSPS) is 18.2. The fourth-order valence-electron chi connectivity index (χ4n) is 4.12. The zero-order valence-corrected chi connectivity index (χ0v) is 17.1. The Hall–Kier alpha value is -2.96. The quantitative estimate of drug-likeness (QED) is 0.454. The number of pyridine rings is 1. The van der Waals surface area contributed by atoms with Gasteiger partial charge in [0.05, 0.1) is 11.1 Å². The minimum atomic E-state index is -0.474. The molecule has 2 heterocycles. The lowest BCUT2D eigenvalue weighted by Gasteiger charge is -2.47. The van der Waals surface area contributed by atoms with Crippen molar-refractivity contribution in [2.24, 2.45) is 5.10 Å². The molecule has 1 aliphatic rings. The highest BCUT2D eigenvalue weighted by atomic mass is 16.6. The van der Waals surface area contributed by atoms with Gasteiger partial charge in [0, 0.05) is 23.8 Å². The van der Waals surface area contributed by atoms with Gasteiger partial charge in [0.25, 0.3) is 5.69 Å². The van der Waals surface area contributed by atoms with E-state index in [-0.39, 0.29) is 11.2 Å². The molecule has 0 fully saturated rings. The van der Waals surface area contributed by atoms with Gasteiger partial charge < -0.3 is 4.90 Å². The lowest BCUT2D eigenvalue weighted by atomic mass is 9.79. The van der Waals surface area contributed by atoms with E-state index < -0.39 is 4.92 Å². The molecule has 1 N–H and O–H groups in total. The van der Waals surface area contributed by atoms with E-state index in [0.29, 0.717) is 11.7 Å². The predicted octanol–water partition coefficient (Wildman–Crippen LogP) is 4.86. The molecule has 1 aromatic heterocycles. The van der Waals surface area contributed by atoms with Crippen molar-refractivity contribution in [3.63, 3.8) is 0 Å². The second kappa shape index (κ2) is 7.58. The van der Waals surface area contributed by atoms with Crippen molar-refractivity contribution in [2.75, 3.05) is 16.9 Å². The van der Waals surface area contributed by atoms with Crippen LogP contribution in [0.4, 0.5) is 17.2 Å². The molecule has 148 valence electrons. The summed E-state index contributed by atoms with van der Waals surface area (Å²) in [6, 6.07) is 7.42. The molecule has 28 heavy (non-hydrogen) atoms. The zero-order valence-electron chi connectivity index (χ0n) is 17.1. The molecule has 0 radical (unpaired) electrons. The Morgan fingerprint density at radius 3 is 2.79 bits per heavy atom. The van der Waals surface area contributed by atoms with Crippen molar-refractivity contribution in [3.05, 3.63) is 57.3 Å². The molecule has 0 saturated carbocycles. The summed E-state index contributed by atoms with van der Waals surface area (Å²) in [5, 5.41) is 15.0. The van der Waals surface area contributed by atoms with Gasteiger partial charge >= 0.3 is 0 Å². The molecular weight excluding hydrogens is 354 g/mol. The number of fused-ring (bicyclic) bond motifs is 1. The van der Waals surface area contributed by atoms with Crippen molar-refractivity contribution < 1.29 is 4.92 Å². The minimum Gasteiger partial charge on any atom is -0.366 e. The van der Waals surface area contributed by atoms with Gasteiger partial charge in [0.1, 0.15) is 12.0 Å². The molecule has 7 nitrogen and oxygen atoms in total. The summed E-state index contributed by atoms with van der Waals surface area (Å²) in [6.45, 7) is 12.2. The fourth-order valence-corrected chi connectivity index (χ4v) is 4.12. The lowest BCUT2D eigenvalue weighted by Crippen LogP contribution is -2.48. The molecule has 1 aliphatic heterocycles. The molecular formula is C21H27N5O2. The molecule has 0 saturated heterocycles. The van der Waals surface area contributed by atoms with Gasteiger partial charge in [-0.05, 0) is 74.9 Å². The first kappa shape index (κ1) is 19.8. The Kier molecular flexibility index (Phi) is 5.36. The Labute approximate surface area is 165 Å². The van der Waals surface area contributed by atoms with Crippen LogP contribution in [0.15, 0.2) is 35.6 Å². The van der Waals surface area contributed by atoms with Gasteiger partial charge in [0.15, 0.2) is 0 Å². The number of nitrogens with zero attached hydrogens (tertiary/aromatic N) is 4. The number of aryl methyl sites for hydroxylation is 1. The lowest BCUT2D eigenvalue weighted by molar-refractivity contribution is -0.385. The van der Waals surface area contributed by atoms with Crippen LogP contribution in [0.1, 0.15) is 56.7 Å². The molecule has 1 unspecified atom stereocenters. The average Bonchev–Trinajstić information content (AvgIpc) is 2.62. The third kappa shape index (κ3) is 3.83. The van der Waals surface area contributed by atoms with E-state index in [2.05, 4.69) is 67.2 Å². The Morgan fingerprint density at radius 2 is 2.18 bits per heavy atom. The van der Waals surface area contributed by atoms with E-state index in [1.54, 1.807) is 12.3 Å². The number of nitro groups is 1. The summed E-state index contributed by atoms with van der Waals surface area (Å²) in [4.78, 5) is 16.7. The van der Waals surface area contributed by atoms with Crippen molar-refractivity contribution in [3.8, 4) is 0 Å². The highest BCUT2D eigenvalue weighted by Crippen LogP contribution is 2.43. The summed E-state index contributed by atoms with van der Waals surface area (Å²) < 4.78 is 0. The van der Waals surface area contributed by atoms with Gasteiger partial charge in [0.2, 0.25) is 0 Å². The number of hydrazone groups is 1. The van der Waals surface area contributed by atoms with Crippen LogP contribution in [0.2, 0.25) is 0 Å². The summed E-state index contributed by atoms with van der Waals surface area (Å²) in [5.41, 5.74) is 7.81. The molecule has 1 aromatic carbocycles. The van der Waals surface area contributed by atoms with Crippen LogP contribution in [0.5, 0.6) is 0 Å². The number of nitrogens with one attached hydrogen (secondary N) is 1. The van der Waals surface area contributed by atoms with Gasteiger partial charge in [-0.15, -0.1) is 0 Å². The number of benzene rings is 1. The predicted molar refractivity (Wildman–Crippen MR) is 113 cm³/mol. The van der Waals surface area contributed by atoms with Crippen LogP contribution in [-0.2, 0) is 0 Å². The third-order valence-electron chi connectivity index (χ3n) is 5.43. The molecule has 2 aromatic rings. The first-order chi connectivity index (χ1) is 13.2. The van der Waals surface area contributed by atoms with Gasteiger partial charge in [-0.2, -0.15) is 5.10 Å². The fraction of sp³-hybridized carbons (Fsp3) is 0.429. The Balaban J connectivity index is 1.83.